The van der Waals surface area contributed by atoms with Gasteiger partial charge < -0.3 is 10.1 Å². The summed E-state index contributed by atoms with van der Waals surface area (Å²) in [6, 6.07) is 4.67. The lowest BCUT2D eigenvalue weighted by Crippen LogP contribution is -2.44. The van der Waals surface area contributed by atoms with Crippen molar-refractivity contribution in [1.82, 2.24) is 14.9 Å². The van der Waals surface area contributed by atoms with Gasteiger partial charge in [0, 0.05) is 30.7 Å². The van der Waals surface area contributed by atoms with Crippen molar-refractivity contribution in [3.63, 3.8) is 0 Å². The summed E-state index contributed by atoms with van der Waals surface area (Å²) in [5.41, 5.74) is 1.88. The van der Waals surface area contributed by atoms with E-state index in [9.17, 15) is 0 Å². The largest absolute Gasteiger partial charge is 0.376 e. The highest BCUT2D eigenvalue weighted by Gasteiger charge is 2.26. The van der Waals surface area contributed by atoms with Crippen molar-refractivity contribution >= 4 is 17.2 Å². The van der Waals surface area contributed by atoms with Crippen molar-refractivity contribution in [2.24, 2.45) is 0 Å². The SMILES string of the molecule is Cc1cnc(C)c(NCC(c2cccs2)N2CCOC(C)C2)n1. The number of rotatable bonds is 5. The van der Waals surface area contributed by atoms with Crippen molar-refractivity contribution in [1.29, 1.82) is 0 Å². The number of morpholine rings is 1. The molecule has 0 aromatic carbocycles. The first-order chi connectivity index (χ1) is 11.1. The van der Waals surface area contributed by atoms with Crippen LogP contribution in [0.25, 0.3) is 0 Å². The molecule has 124 valence electrons. The van der Waals surface area contributed by atoms with Gasteiger partial charge in [-0.3, -0.25) is 9.88 Å². The van der Waals surface area contributed by atoms with Crippen LogP contribution >= 0.6 is 11.3 Å². The van der Waals surface area contributed by atoms with E-state index in [2.05, 4.69) is 44.6 Å². The van der Waals surface area contributed by atoms with Crippen LogP contribution in [0.5, 0.6) is 0 Å². The average molecular weight is 332 g/mol. The van der Waals surface area contributed by atoms with Gasteiger partial charge in [0.25, 0.3) is 0 Å². The topological polar surface area (TPSA) is 50.3 Å². The molecule has 6 heteroatoms. The Morgan fingerprint density at radius 2 is 2.35 bits per heavy atom. The standard InChI is InChI=1S/C17H24N4OS/c1-12-9-18-14(3)17(20-12)19-10-15(16-5-4-8-23-16)21-6-7-22-13(2)11-21/h4-5,8-9,13,15H,6-7,10-11H2,1-3H3,(H,19,20). The van der Waals surface area contributed by atoms with Crippen LogP contribution in [0.2, 0.25) is 0 Å². The van der Waals surface area contributed by atoms with E-state index >= 15 is 0 Å². The Kier molecular flexibility index (Phi) is 5.25. The number of hydrogen-bond donors (Lipinski definition) is 1. The third-order valence-electron chi connectivity index (χ3n) is 4.12. The highest BCUT2D eigenvalue weighted by Crippen LogP contribution is 2.27. The van der Waals surface area contributed by atoms with Gasteiger partial charge in [0.1, 0.15) is 5.82 Å². The molecule has 3 heterocycles. The number of nitrogens with zero attached hydrogens (tertiary/aromatic N) is 3. The third kappa shape index (κ3) is 4.07. The van der Waals surface area contributed by atoms with E-state index in [1.165, 1.54) is 4.88 Å². The highest BCUT2D eigenvalue weighted by molar-refractivity contribution is 7.10. The molecule has 2 aromatic heterocycles. The lowest BCUT2D eigenvalue weighted by Gasteiger charge is -2.37. The fraction of sp³-hybridized carbons (Fsp3) is 0.529. The summed E-state index contributed by atoms with van der Waals surface area (Å²) in [6.45, 7) is 9.65. The normalized spacial score (nSPS) is 20.4. The van der Waals surface area contributed by atoms with Crippen LogP contribution in [-0.2, 0) is 4.74 Å². The molecule has 1 aliphatic heterocycles. The highest BCUT2D eigenvalue weighted by atomic mass is 32.1. The Hall–Kier alpha value is -1.50. The van der Waals surface area contributed by atoms with Crippen LogP contribution in [0.15, 0.2) is 23.7 Å². The Bertz CT molecular complexity index is 632. The molecular formula is C17H24N4OS. The first kappa shape index (κ1) is 16.4. The number of ether oxygens (including phenoxy) is 1. The molecule has 1 aliphatic rings. The quantitative estimate of drug-likeness (QED) is 0.912. The van der Waals surface area contributed by atoms with E-state index < -0.39 is 0 Å². The Morgan fingerprint density at radius 1 is 1.48 bits per heavy atom. The second-order valence-corrected chi connectivity index (χ2v) is 7.01. The maximum absolute atomic E-state index is 5.69. The molecule has 2 unspecified atom stereocenters. The van der Waals surface area contributed by atoms with E-state index in [1.807, 2.05) is 25.2 Å². The van der Waals surface area contributed by atoms with Crippen molar-refractivity contribution in [2.75, 3.05) is 31.6 Å². The predicted octanol–water partition coefficient (Wildman–Crippen LogP) is 3.03. The molecule has 0 aliphatic carbocycles. The van der Waals surface area contributed by atoms with Gasteiger partial charge in [-0.1, -0.05) is 6.07 Å². The van der Waals surface area contributed by atoms with Gasteiger partial charge in [-0.25, -0.2) is 4.98 Å². The number of aryl methyl sites for hydroxylation is 2. The molecule has 0 spiro atoms. The van der Waals surface area contributed by atoms with Crippen LogP contribution in [0.4, 0.5) is 5.82 Å². The molecule has 1 N–H and O–H groups in total. The lowest BCUT2D eigenvalue weighted by molar-refractivity contribution is -0.0322. The molecular weight excluding hydrogens is 308 g/mol. The molecule has 0 radical (unpaired) electrons. The third-order valence-corrected chi connectivity index (χ3v) is 5.10. The Balaban J connectivity index is 1.75. The predicted molar refractivity (Wildman–Crippen MR) is 94.0 cm³/mol. The second-order valence-electron chi connectivity index (χ2n) is 6.03. The average Bonchev–Trinajstić information content (AvgIpc) is 3.05. The number of anilines is 1. The first-order valence-electron chi connectivity index (χ1n) is 8.06. The molecule has 23 heavy (non-hydrogen) atoms. The number of hydrogen-bond acceptors (Lipinski definition) is 6. The van der Waals surface area contributed by atoms with Gasteiger partial charge in [0.05, 0.1) is 30.1 Å². The molecule has 2 atom stereocenters. The summed E-state index contributed by atoms with van der Waals surface area (Å²) in [6.07, 6.45) is 2.09. The van der Waals surface area contributed by atoms with Gasteiger partial charge in [-0.05, 0) is 32.2 Å². The van der Waals surface area contributed by atoms with Crippen LogP contribution < -0.4 is 5.32 Å². The van der Waals surface area contributed by atoms with Gasteiger partial charge in [-0.15, -0.1) is 11.3 Å². The minimum atomic E-state index is 0.284. The summed E-state index contributed by atoms with van der Waals surface area (Å²) in [7, 11) is 0. The van der Waals surface area contributed by atoms with Crippen molar-refractivity contribution in [2.45, 2.75) is 32.9 Å². The zero-order valence-corrected chi connectivity index (χ0v) is 14.8. The molecule has 3 rings (SSSR count). The smallest absolute Gasteiger partial charge is 0.147 e. The second kappa shape index (κ2) is 7.38. The molecule has 0 saturated carbocycles. The minimum absolute atomic E-state index is 0.284. The van der Waals surface area contributed by atoms with Gasteiger partial charge in [0.15, 0.2) is 0 Å². The summed E-state index contributed by atoms with van der Waals surface area (Å²) in [5, 5.41) is 5.65. The monoisotopic (exact) mass is 332 g/mol. The van der Waals surface area contributed by atoms with E-state index in [0.29, 0.717) is 6.04 Å². The summed E-state index contributed by atoms with van der Waals surface area (Å²) >= 11 is 1.81. The molecule has 2 aromatic rings. The number of thiophene rings is 1. The maximum atomic E-state index is 5.69. The van der Waals surface area contributed by atoms with Crippen molar-refractivity contribution in [3.05, 3.63) is 40.0 Å². The molecule has 0 amide bonds. The van der Waals surface area contributed by atoms with E-state index in [-0.39, 0.29) is 6.10 Å². The van der Waals surface area contributed by atoms with E-state index in [1.54, 1.807) is 6.20 Å². The van der Waals surface area contributed by atoms with Gasteiger partial charge in [-0.2, -0.15) is 0 Å². The lowest BCUT2D eigenvalue weighted by atomic mass is 10.1. The zero-order valence-electron chi connectivity index (χ0n) is 14.0. The Morgan fingerprint density at radius 3 is 3.09 bits per heavy atom. The fourth-order valence-electron chi connectivity index (χ4n) is 2.92. The van der Waals surface area contributed by atoms with Crippen LogP contribution in [0.3, 0.4) is 0 Å². The molecule has 1 fully saturated rings. The summed E-state index contributed by atoms with van der Waals surface area (Å²) in [5.74, 6) is 0.882. The molecule has 0 bridgehead atoms. The maximum Gasteiger partial charge on any atom is 0.147 e. The number of nitrogens with one attached hydrogen (secondary N) is 1. The summed E-state index contributed by atoms with van der Waals surface area (Å²) in [4.78, 5) is 12.8. The van der Waals surface area contributed by atoms with E-state index in [4.69, 9.17) is 4.74 Å². The van der Waals surface area contributed by atoms with Crippen molar-refractivity contribution < 1.29 is 4.74 Å². The van der Waals surface area contributed by atoms with Gasteiger partial charge in [0.2, 0.25) is 0 Å². The number of aromatic nitrogens is 2. The van der Waals surface area contributed by atoms with Crippen LogP contribution in [-0.4, -0.2) is 47.2 Å². The minimum Gasteiger partial charge on any atom is -0.376 e. The summed E-state index contributed by atoms with van der Waals surface area (Å²) < 4.78 is 5.69. The Labute approximate surface area is 141 Å². The van der Waals surface area contributed by atoms with Crippen LogP contribution in [0.1, 0.15) is 29.2 Å². The van der Waals surface area contributed by atoms with Gasteiger partial charge >= 0.3 is 0 Å². The van der Waals surface area contributed by atoms with Crippen molar-refractivity contribution in [3.8, 4) is 0 Å². The molecule has 1 saturated heterocycles. The first-order valence-corrected chi connectivity index (χ1v) is 8.94. The van der Waals surface area contributed by atoms with E-state index in [0.717, 1.165) is 43.4 Å². The fourth-order valence-corrected chi connectivity index (χ4v) is 3.78. The van der Waals surface area contributed by atoms with Crippen LogP contribution in [0, 0.1) is 13.8 Å². The zero-order chi connectivity index (χ0) is 16.2. The molecule has 5 nitrogen and oxygen atoms in total.